The number of aromatic nitrogens is 5. The van der Waals surface area contributed by atoms with Crippen molar-refractivity contribution in [2.24, 2.45) is 0 Å². The summed E-state index contributed by atoms with van der Waals surface area (Å²) in [4.78, 5) is 8.83. The lowest BCUT2D eigenvalue weighted by atomic mass is 10.2. The van der Waals surface area contributed by atoms with E-state index in [1.54, 1.807) is 35.5 Å². The van der Waals surface area contributed by atoms with Crippen molar-refractivity contribution in [1.29, 1.82) is 0 Å². The van der Waals surface area contributed by atoms with Gasteiger partial charge in [0, 0.05) is 47.1 Å². The number of benzene rings is 1. The molecule has 28 heavy (non-hydrogen) atoms. The first kappa shape index (κ1) is 19.1. The second kappa shape index (κ2) is 8.86. The number of thioether (sulfide) groups is 1. The van der Waals surface area contributed by atoms with Gasteiger partial charge in [0.1, 0.15) is 0 Å². The maximum Gasteiger partial charge on any atom is 0.191 e. The SMILES string of the molecule is CCn1c(SCc2csc(Cc3ccc(Cl)cc3)n2)nnc1-c1ccncc1. The maximum absolute atomic E-state index is 5.95. The molecule has 3 heterocycles. The molecular weight excluding hydrogens is 410 g/mol. The molecule has 0 aliphatic heterocycles. The number of rotatable bonds is 7. The number of nitrogens with zero attached hydrogens (tertiary/aromatic N) is 5. The fourth-order valence-corrected chi connectivity index (χ4v) is 4.76. The van der Waals surface area contributed by atoms with E-state index >= 15 is 0 Å². The Kier molecular flexibility index (Phi) is 6.04. The highest BCUT2D eigenvalue weighted by Crippen LogP contribution is 2.27. The smallest absolute Gasteiger partial charge is 0.191 e. The molecule has 0 saturated heterocycles. The molecule has 0 aliphatic rings. The molecule has 4 rings (SSSR count). The monoisotopic (exact) mass is 427 g/mol. The van der Waals surface area contributed by atoms with Crippen LogP contribution in [0.5, 0.6) is 0 Å². The minimum Gasteiger partial charge on any atom is -0.302 e. The lowest BCUT2D eigenvalue weighted by Gasteiger charge is -2.06. The van der Waals surface area contributed by atoms with Crippen molar-refractivity contribution in [3.63, 3.8) is 0 Å². The summed E-state index contributed by atoms with van der Waals surface area (Å²) in [6.45, 7) is 2.91. The Morgan fingerprint density at radius 3 is 2.61 bits per heavy atom. The van der Waals surface area contributed by atoms with Gasteiger partial charge in [-0.1, -0.05) is 35.5 Å². The lowest BCUT2D eigenvalue weighted by molar-refractivity contribution is 0.687. The number of pyridine rings is 1. The lowest BCUT2D eigenvalue weighted by Crippen LogP contribution is -2.00. The molecule has 0 bridgehead atoms. The predicted molar refractivity (Wildman–Crippen MR) is 115 cm³/mol. The van der Waals surface area contributed by atoms with Gasteiger partial charge in [0.15, 0.2) is 11.0 Å². The van der Waals surface area contributed by atoms with Gasteiger partial charge >= 0.3 is 0 Å². The van der Waals surface area contributed by atoms with Crippen molar-refractivity contribution in [1.82, 2.24) is 24.7 Å². The molecule has 5 nitrogen and oxygen atoms in total. The molecule has 0 atom stereocenters. The van der Waals surface area contributed by atoms with Crippen LogP contribution in [0.1, 0.15) is 23.2 Å². The highest BCUT2D eigenvalue weighted by Gasteiger charge is 2.14. The van der Waals surface area contributed by atoms with Crippen molar-refractivity contribution >= 4 is 34.7 Å². The molecule has 142 valence electrons. The summed E-state index contributed by atoms with van der Waals surface area (Å²) in [6.07, 6.45) is 4.37. The molecule has 0 radical (unpaired) electrons. The van der Waals surface area contributed by atoms with Gasteiger partial charge in [0.05, 0.1) is 10.7 Å². The van der Waals surface area contributed by atoms with Gasteiger partial charge in [-0.2, -0.15) is 0 Å². The van der Waals surface area contributed by atoms with Crippen LogP contribution in [-0.2, 0) is 18.7 Å². The summed E-state index contributed by atoms with van der Waals surface area (Å²) in [5.41, 5.74) is 3.30. The topological polar surface area (TPSA) is 56.5 Å². The minimum absolute atomic E-state index is 0.756. The summed E-state index contributed by atoms with van der Waals surface area (Å²) in [5, 5.41) is 13.6. The van der Waals surface area contributed by atoms with E-state index in [-0.39, 0.29) is 0 Å². The standard InChI is InChI=1S/C20H18ClN5S2/c1-2-26-19(15-7-9-22-10-8-15)24-25-20(26)28-13-17-12-27-18(23-17)11-14-3-5-16(21)6-4-14/h3-10,12H,2,11,13H2,1H3. The Balaban J connectivity index is 1.43. The molecule has 0 spiro atoms. The van der Waals surface area contributed by atoms with Gasteiger partial charge < -0.3 is 4.57 Å². The zero-order valence-electron chi connectivity index (χ0n) is 15.2. The third kappa shape index (κ3) is 4.43. The van der Waals surface area contributed by atoms with Gasteiger partial charge in [-0.3, -0.25) is 4.98 Å². The van der Waals surface area contributed by atoms with Crippen LogP contribution in [0.3, 0.4) is 0 Å². The third-order valence-corrected chi connectivity index (χ3v) is 6.34. The second-order valence-corrected chi connectivity index (χ2v) is 8.43. The van der Waals surface area contributed by atoms with Crippen LogP contribution in [0.2, 0.25) is 5.02 Å². The second-order valence-electron chi connectivity index (χ2n) is 6.11. The molecule has 4 aromatic rings. The van der Waals surface area contributed by atoms with Gasteiger partial charge in [-0.25, -0.2) is 4.98 Å². The molecule has 3 aromatic heterocycles. The van der Waals surface area contributed by atoms with E-state index in [1.165, 1.54) is 5.56 Å². The van der Waals surface area contributed by atoms with Crippen LogP contribution < -0.4 is 0 Å². The molecule has 0 N–H and O–H groups in total. The van der Waals surface area contributed by atoms with Crippen LogP contribution in [0.15, 0.2) is 59.3 Å². The van der Waals surface area contributed by atoms with E-state index in [9.17, 15) is 0 Å². The minimum atomic E-state index is 0.756. The Bertz CT molecular complexity index is 1040. The maximum atomic E-state index is 5.95. The Labute approximate surface area is 176 Å². The first-order chi connectivity index (χ1) is 13.7. The van der Waals surface area contributed by atoms with Crippen molar-refractivity contribution < 1.29 is 0 Å². The van der Waals surface area contributed by atoms with Gasteiger partial charge in [-0.15, -0.1) is 21.5 Å². The Hall–Kier alpha value is -2.22. The zero-order chi connectivity index (χ0) is 19.3. The molecule has 8 heteroatoms. The van der Waals surface area contributed by atoms with Crippen molar-refractivity contribution in [3.05, 3.63) is 75.5 Å². The number of hydrogen-bond acceptors (Lipinski definition) is 6. The summed E-state index contributed by atoms with van der Waals surface area (Å²) >= 11 is 9.30. The Morgan fingerprint density at radius 1 is 1.07 bits per heavy atom. The molecule has 1 aromatic carbocycles. The largest absolute Gasteiger partial charge is 0.302 e. The number of hydrogen-bond donors (Lipinski definition) is 0. The molecule has 0 unspecified atom stereocenters. The number of halogens is 1. The van der Waals surface area contributed by atoms with Crippen molar-refractivity contribution in [2.45, 2.75) is 30.8 Å². The molecule has 0 aliphatic carbocycles. The summed E-state index contributed by atoms with van der Waals surface area (Å²) in [7, 11) is 0. The highest BCUT2D eigenvalue weighted by molar-refractivity contribution is 7.98. The van der Waals surface area contributed by atoms with Crippen molar-refractivity contribution in [2.75, 3.05) is 0 Å². The summed E-state index contributed by atoms with van der Waals surface area (Å²) in [5.74, 6) is 1.64. The fraction of sp³-hybridized carbons (Fsp3) is 0.200. The predicted octanol–water partition coefficient (Wildman–Crippen LogP) is 5.35. The molecule has 0 saturated carbocycles. The average Bonchev–Trinajstić information content (AvgIpc) is 3.35. The average molecular weight is 428 g/mol. The van der Waals surface area contributed by atoms with E-state index in [4.69, 9.17) is 16.6 Å². The molecule has 0 amide bonds. The van der Waals surface area contributed by atoms with Gasteiger partial charge in [0.2, 0.25) is 0 Å². The van der Waals surface area contributed by atoms with Crippen LogP contribution in [0.4, 0.5) is 0 Å². The van der Waals surface area contributed by atoms with E-state index in [0.29, 0.717) is 0 Å². The summed E-state index contributed by atoms with van der Waals surface area (Å²) < 4.78 is 2.13. The van der Waals surface area contributed by atoms with Crippen LogP contribution in [0, 0.1) is 0 Å². The van der Waals surface area contributed by atoms with E-state index in [1.807, 2.05) is 36.4 Å². The normalized spacial score (nSPS) is 11.1. The van der Waals surface area contributed by atoms with Crippen LogP contribution >= 0.6 is 34.7 Å². The van der Waals surface area contributed by atoms with Crippen molar-refractivity contribution in [3.8, 4) is 11.4 Å². The first-order valence-corrected chi connectivity index (χ1v) is 11.1. The van der Waals surface area contributed by atoms with Crippen LogP contribution in [0.25, 0.3) is 11.4 Å². The van der Waals surface area contributed by atoms with E-state index in [2.05, 4.69) is 32.1 Å². The van der Waals surface area contributed by atoms with Gasteiger partial charge in [0.25, 0.3) is 0 Å². The molecule has 0 fully saturated rings. The first-order valence-electron chi connectivity index (χ1n) is 8.87. The van der Waals surface area contributed by atoms with E-state index in [0.717, 1.165) is 51.0 Å². The highest BCUT2D eigenvalue weighted by atomic mass is 35.5. The Morgan fingerprint density at radius 2 is 1.86 bits per heavy atom. The fourth-order valence-electron chi connectivity index (χ4n) is 2.81. The van der Waals surface area contributed by atoms with E-state index < -0.39 is 0 Å². The zero-order valence-corrected chi connectivity index (χ0v) is 17.6. The molecular formula is C20H18ClN5S2. The third-order valence-electron chi connectivity index (χ3n) is 4.19. The van der Waals surface area contributed by atoms with Crippen LogP contribution in [-0.4, -0.2) is 24.7 Å². The summed E-state index contributed by atoms with van der Waals surface area (Å²) in [6, 6.07) is 11.8. The van der Waals surface area contributed by atoms with Gasteiger partial charge in [-0.05, 0) is 36.8 Å². The quantitative estimate of drug-likeness (QED) is 0.372. The number of thiazole rings is 1.